The molecule has 3 heterocycles. The van der Waals surface area contributed by atoms with Crippen molar-refractivity contribution in [1.82, 2.24) is 4.90 Å². The molecule has 142 valence electrons. The number of para-hydroxylation sites is 1. The highest BCUT2D eigenvalue weighted by Gasteiger charge is 2.82. The normalized spacial score (nSPS) is 46.4. The SMILES string of the molecule is COC(=O)C12CCC34CC(=O)C5CN(CCC3O)C4C51c1ccccc1N2. The van der Waals surface area contributed by atoms with Crippen LogP contribution in [0.2, 0.25) is 0 Å². The summed E-state index contributed by atoms with van der Waals surface area (Å²) in [6, 6.07) is 8.01. The van der Waals surface area contributed by atoms with Crippen molar-refractivity contribution in [2.24, 2.45) is 11.3 Å². The number of nitrogens with one attached hydrogen (secondary N) is 1. The average molecular weight is 368 g/mol. The third kappa shape index (κ3) is 1.45. The number of methoxy groups -OCH3 is 1. The van der Waals surface area contributed by atoms with Crippen LogP contribution < -0.4 is 5.32 Å². The second-order valence-corrected chi connectivity index (χ2v) is 9.07. The van der Waals surface area contributed by atoms with Crippen molar-refractivity contribution in [3.63, 3.8) is 0 Å². The molecule has 2 saturated carbocycles. The van der Waals surface area contributed by atoms with E-state index in [-0.39, 0.29) is 23.7 Å². The molecule has 6 unspecified atom stereocenters. The van der Waals surface area contributed by atoms with Gasteiger partial charge in [-0.15, -0.1) is 0 Å². The summed E-state index contributed by atoms with van der Waals surface area (Å²) in [5, 5.41) is 14.6. The summed E-state index contributed by atoms with van der Waals surface area (Å²) >= 11 is 0. The Bertz CT molecular complexity index is 887. The maximum atomic E-state index is 13.4. The van der Waals surface area contributed by atoms with Gasteiger partial charge < -0.3 is 15.2 Å². The minimum atomic E-state index is -0.938. The monoisotopic (exact) mass is 368 g/mol. The van der Waals surface area contributed by atoms with E-state index in [9.17, 15) is 14.7 Å². The van der Waals surface area contributed by atoms with E-state index in [1.54, 1.807) is 0 Å². The zero-order valence-corrected chi connectivity index (χ0v) is 15.4. The van der Waals surface area contributed by atoms with Crippen LogP contribution in [0.3, 0.4) is 0 Å². The zero-order chi connectivity index (χ0) is 18.6. The van der Waals surface area contributed by atoms with Crippen LogP contribution in [0.1, 0.15) is 31.2 Å². The van der Waals surface area contributed by atoms with E-state index >= 15 is 0 Å². The van der Waals surface area contributed by atoms with Gasteiger partial charge in [-0.2, -0.15) is 0 Å². The molecule has 0 amide bonds. The Morgan fingerprint density at radius 2 is 2.15 bits per heavy atom. The van der Waals surface area contributed by atoms with Gasteiger partial charge >= 0.3 is 5.97 Å². The number of aliphatic hydroxyl groups is 1. The third-order valence-corrected chi connectivity index (χ3v) is 8.48. The number of piperidine rings is 1. The summed E-state index contributed by atoms with van der Waals surface area (Å²) in [4.78, 5) is 29.1. The standard InChI is InChI=1S/C21H24N2O4/c1-27-18(26)20-8-7-19-10-15(24)13-11-23(9-6-16(19)25)17(19)21(13,20)12-4-2-3-5-14(12)22-20/h2-5,13,16-17,22,25H,6-11H2,1H3. The first-order valence-electron chi connectivity index (χ1n) is 9.92. The Hall–Kier alpha value is -1.92. The van der Waals surface area contributed by atoms with Gasteiger partial charge in [-0.05, 0) is 30.9 Å². The number of esters is 1. The lowest BCUT2D eigenvalue weighted by Gasteiger charge is -2.65. The first kappa shape index (κ1) is 16.1. The van der Waals surface area contributed by atoms with Crippen molar-refractivity contribution < 1.29 is 19.4 Å². The summed E-state index contributed by atoms with van der Waals surface area (Å²) < 4.78 is 5.32. The number of benzene rings is 1. The van der Waals surface area contributed by atoms with Gasteiger partial charge in [0.05, 0.1) is 18.6 Å². The van der Waals surface area contributed by atoms with Crippen LogP contribution in [0.4, 0.5) is 5.69 Å². The number of nitrogens with zero attached hydrogens (tertiary/aromatic N) is 1. The fourth-order valence-electron chi connectivity index (χ4n) is 7.73. The van der Waals surface area contributed by atoms with E-state index in [2.05, 4.69) is 16.3 Å². The average Bonchev–Trinajstić information content (AvgIpc) is 3.16. The number of fused-ring (bicyclic) bond motifs is 1. The van der Waals surface area contributed by atoms with Crippen LogP contribution >= 0.6 is 0 Å². The number of anilines is 1. The first-order valence-corrected chi connectivity index (χ1v) is 9.92. The quantitative estimate of drug-likeness (QED) is 0.723. The number of carbonyl (C=O) groups excluding carboxylic acids is 2. The molecule has 1 spiro atoms. The minimum Gasteiger partial charge on any atom is -0.467 e. The topological polar surface area (TPSA) is 78.9 Å². The number of carbonyl (C=O) groups is 2. The fraction of sp³-hybridized carbons (Fsp3) is 0.619. The molecule has 27 heavy (non-hydrogen) atoms. The number of aliphatic hydroxyl groups excluding tert-OH is 1. The van der Waals surface area contributed by atoms with Gasteiger partial charge in [0.15, 0.2) is 0 Å². The lowest BCUT2D eigenvalue weighted by atomic mass is 9.41. The maximum Gasteiger partial charge on any atom is 0.332 e. The maximum absolute atomic E-state index is 13.4. The Labute approximate surface area is 157 Å². The highest BCUT2D eigenvalue weighted by Crippen LogP contribution is 2.72. The predicted molar refractivity (Wildman–Crippen MR) is 97.3 cm³/mol. The molecule has 6 heteroatoms. The second kappa shape index (κ2) is 4.73. The Morgan fingerprint density at radius 3 is 2.96 bits per heavy atom. The molecule has 4 bridgehead atoms. The van der Waals surface area contributed by atoms with E-state index in [1.807, 2.05) is 18.2 Å². The molecular weight excluding hydrogens is 344 g/mol. The van der Waals surface area contributed by atoms with Crippen LogP contribution in [-0.4, -0.2) is 59.6 Å². The van der Waals surface area contributed by atoms with Gasteiger partial charge in [-0.1, -0.05) is 18.2 Å². The Balaban J connectivity index is 1.72. The van der Waals surface area contributed by atoms with Gasteiger partial charge in [0.2, 0.25) is 0 Å². The van der Waals surface area contributed by atoms with Crippen molar-refractivity contribution in [3.05, 3.63) is 29.8 Å². The van der Waals surface area contributed by atoms with Crippen LogP contribution in [0.15, 0.2) is 24.3 Å². The molecule has 6 rings (SSSR count). The summed E-state index contributed by atoms with van der Waals surface area (Å²) in [5.41, 5.74) is -0.0731. The molecule has 4 fully saturated rings. The fourth-order valence-corrected chi connectivity index (χ4v) is 7.73. The molecule has 3 aliphatic heterocycles. The lowest BCUT2D eigenvalue weighted by molar-refractivity contribution is -0.178. The number of ketones is 1. The summed E-state index contributed by atoms with van der Waals surface area (Å²) in [6.45, 7) is 1.45. The van der Waals surface area contributed by atoms with Gasteiger partial charge in [0.25, 0.3) is 0 Å². The largest absolute Gasteiger partial charge is 0.467 e. The number of hydrogen-bond donors (Lipinski definition) is 2. The number of hydrogen-bond acceptors (Lipinski definition) is 6. The van der Waals surface area contributed by atoms with Gasteiger partial charge in [0, 0.05) is 42.6 Å². The van der Waals surface area contributed by atoms with Gasteiger partial charge in [0.1, 0.15) is 11.3 Å². The van der Waals surface area contributed by atoms with E-state index in [0.29, 0.717) is 32.2 Å². The molecule has 2 saturated heterocycles. The molecule has 6 atom stereocenters. The predicted octanol–water partition coefficient (Wildman–Crippen LogP) is 1.08. The molecule has 5 aliphatic rings. The van der Waals surface area contributed by atoms with Gasteiger partial charge in [-0.25, -0.2) is 4.79 Å². The number of Topliss-reactive ketones (excluding diaryl/α,β-unsaturated/α-hetero) is 1. The van der Waals surface area contributed by atoms with Crippen molar-refractivity contribution in [3.8, 4) is 0 Å². The number of ether oxygens (including phenoxy) is 1. The molecule has 1 aromatic carbocycles. The van der Waals surface area contributed by atoms with Crippen molar-refractivity contribution >= 4 is 17.4 Å². The van der Waals surface area contributed by atoms with E-state index in [1.165, 1.54) is 7.11 Å². The third-order valence-electron chi connectivity index (χ3n) is 8.48. The smallest absolute Gasteiger partial charge is 0.332 e. The molecular formula is C21H24N2O4. The molecule has 1 aromatic rings. The highest BCUT2D eigenvalue weighted by atomic mass is 16.5. The molecule has 0 aromatic heterocycles. The Morgan fingerprint density at radius 1 is 1.33 bits per heavy atom. The van der Waals surface area contributed by atoms with E-state index in [4.69, 9.17) is 4.74 Å². The molecule has 2 N–H and O–H groups in total. The van der Waals surface area contributed by atoms with Gasteiger partial charge in [-0.3, -0.25) is 9.69 Å². The summed E-state index contributed by atoms with van der Waals surface area (Å²) in [7, 11) is 1.43. The lowest BCUT2D eigenvalue weighted by Crippen LogP contribution is -2.78. The van der Waals surface area contributed by atoms with Crippen molar-refractivity contribution in [2.45, 2.75) is 48.8 Å². The van der Waals surface area contributed by atoms with Crippen LogP contribution in [0.5, 0.6) is 0 Å². The highest BCUT2D eigenvalue weighted by molar-refractivity contribution is 5.98. The van der Waals surface area contributed by atoms with Crippen LogP contribution in [0, 0.1) is 11.3 Å². The Kier molecular flexibility index (Phi) is 2.82. The molecule has 0 radical (unpaired) electrons. The molecule has 6 nitrogen and oxygen atoms in total. The van der Waals surface area contributed by atoms with Crippen molar-refractivity contribution in [1.29, 1.82) is 0 Å². The minimum absolute atomic E-state index is 0.0135. The number of rotatable bonds is 1. The van der Waals surface area contributed by atoms with E-state index < -0.39 is 22.5 Å². The summed E-state index contributed by atoms with van der Waals surface area (Å²) in [5.74, 6) is -0.327. The zero-order valence-electron chi connectivity index (χ0n) is 15.4. The molecule has 2 aliphatic carbocycles. The first-order chi connectivity index (χ1) is 13.0. The van der Waals surface area contributed by atoms with Crippen molar-refractivity contribution in [2.75, 3.05) is 25.5 Å². The van der Waals surface area contributed by atoms with Crippen LogP contribution in [0.25, 0.3) is 0 Å². The second-order valence-electron chi connectivity index (χ2n) is 9.07. The van der Waals surface area contributed by atoms with E-state index in [0.717, 1.165) is 17.8 Å². The summed E-state index contributed by atoms with van der Waals surface area (Å²) in [6.07, 6.45) is 1.88. The van der Waals surface area contributed by atoms with Crippen LogP contribution in [-0.2, 0) is 19.7 Å².